The summed E-state index contributed by atoms with van der Waals surface area (Å²) in [6, 6.07) is 4.03. The van der Waals surface area contributed by atoms with Gasteiger partial charge in [0.2, 0.25) is 0 Å². The number of hydrogen-bond donors (Lipinski definition) is 1. The van der Waals surface area contributed by atoms with Gasteiger partial charge in [-0.1, -0.05) is 0 Å². The van der Waals surface area contributed by atoms with E-state index in [1.165, 1.54) is 0 Å². The molecule has 0 amide bonds. The average Bonchev–Trinajstić information content (AvgIpc) is 2.44. The van der Waals surface area contributed by atoms with Crippen LogP contribution in [0.3, 0.4) is 0 Å². The lowest BCUT2D eigenvalue weighted by molar-refractivity contribution is 0.390. The molecule has 0 saturated carbocycles. The van der Waals surface area contributed by atoms with Gasteiger partial charge in [0.15, 0.2) is 0 Å². The van der Waals surface area contributed by atoms with Crippen molar-refractivity contribution in [1.82, 2.24) is 0 Å². The second kappa shape index (κ2) is 8.73. The van der Waals surface area contributed by atoms with Crippen LogP contribution in [0.2, 0.25) is 0 Å². The Balaban J connectivity index is 2.87. The largest absolute Gasteiger partial charge is 0.496 e. The second-order valence-electron chi connectivity index (χ2n) is 4.01. The molecule has 0 aliphatic carbocycles. The molecule has 0 unspecified atom stereocenters. The van der Waals surface area contributed by atoms with Crippen molar-refractivity contribution in [2.24, 2.45) is 5.73 Å². The number of terminal acetylenes is 1. The van der Waals surface area contributed by atoms with Gasteiger partial charge < -0.3 is 15.2 Å². The van der Waals surface area contributed by atoms with Crippen LogP contribution in [0.1, 0.15) is 18.4 Å². The van der Waals surface area contributed by atoms with E-state index in [1.54, 1.807) is 26.0 Å². The highest BCUT2D eigenvalue weighted by molar-refractivity contribution is 7.99. The summed E-state index contributed by atoms with van der Waals surface area (Å²) in [5.74, 6) is 5.36. The summed E-state index contributed by atoms with van der Waals surface area (Å²) in [5, 5.41) is 0. The molecule has 2 N–H and O–H groups in total. The first-order valence-corrected chi connectivity index (χ1v) is 7.26. The minimum atomic E-state index is 0.591. The van der Waals surface area contributed by atoms with Gasteiger partial charge in [0, 0.05) is 6.42 Å². The molecule has 1 rings (SSSR count). The Kier molecular flexibility index (Phi) is 7.24. The molecular formula is C15H21NO2S. The van der Waals surface area contributed by atoms with Crippen molar-refractivity contribution in [1.29, 1.82) is 0 Å². The molecule has 0 bridgehead atoms. The predicted molar refractivity (Wildman–Crippen MR) is 81.1 cm³/mol. The zero-order chi connectivity index (χ0) is 14.1. The number of thioether (sulfide) groups is 1. The third-order valence-electron chi connectivity index (χ3n) is 2.70. The maximum absolute atomic E-state index is 5.61. The summed E-state index contributed by atoms with van der Waals surface area (Å²) >= 11 is 1.74. The van der Waals surface area contributed by atoms with Gasteiger partial charge in [0.1, 0.15) is 11.5 Å². The third-order valence-corrected chi connectivity index (χ3v) is 3.83. The van der Waals surface area contributed by atoms with Crippen LogP contribution in [0.15, 0.2) is 17.0 Å². The average molecular weight is 279 g/mol. The van der Waals surface area contributed by atoms with E-state index in [0.717, 1.165) is 47.0 Å². The lowest BCUT2D eigenvalue weighted by atomic mass is 10.1. The van der Waals surface area contributed by atoms with E-state index in [1.807, 2.05) is 12.1 Å². The Labute approximate surface area is 119 Å². The predicted octanol–water partition coefficient (Wildman–Crippen LogP) is 2.71. The van der Waals surface area contributed by atoms with Gasteiger partial charge in [0.05, 0.1) is 19.1 Å². The van der Waals surface area contributed by atoms with E-state index < -0.39 is 0 Å². The normalized spacial score (nSPS) is 10.0. The summed E-state index contributed by atoms with van der Waals surface area (Å²) in [7, 11) is 3.36. The van der Waals surface area contributed by atoms with E-state index in [9.17, 15) is 0 Å². The monoisotopic (exact) mass is 279 g/mol. The zero-order valence-corrected chi connectivity index (χ0v) is 12.4. The van der Waals surface area contributed by atoms with Gasteiger partial charge in [-0.05, 0) is 42.8 Å². The highest BCUT2D eigenvalue weighted by Gasteiger charge is 2.11. The number of nitrogens with two attached hydrogens (primary N) is 1. The lowest BCUT2D eigenvalue weighted by Gasteiger charge is -2.14. The molecule has 0 spiro atoms. The van der Waals surface area contributed by atoms with Crippen LogP contribution >= 0.6 is 11.8 Å². The van der Waals surface area contributed by atoms with Crippen LogP contribution in [0, 0.1) is 12.3 Å². The molecule has 0 saturated heterocycles. The maximum atomic E-state index is 5.61. The number of rotatable bonds is 8. The van der Waals surface area contributed by atoms with Crippen LogP contribution in [-0.4, -0.2) is 26.5 Å². The van der Waals surface area contributed by atoms with Crippen LogP contribution < -0.4 is 15.2 Å². The van der Waals surface area contributed by atoms with Crippen molar-refractivity contribution in [3.8, 4) is 23.8 Å². The number of methoxy groups -OCH3 is 2. The van der Waals surface area contributed by atoms with E-state index in [2.05, 4.69) is 5.92 Å². The van der Waals surface area contributed by atoms with Gasteiger partial charge in [-0.15, -0.1) is 24.1 Å². The molecule has 104 valence electrons. The summed E-state index contributed by atoms with van der Waals surface area (Å²) in [6.07, 6.45) is 7.83. The number of hydrogen-bond acceptors (Lipinski definition) is 4. The summed E-state index contributed by atoms with van der Waals surface area (Å²) in [6.45, 7) is 0.591. The number of unbranched alkanes of at least 4 members (excludes halogenated alkanes) is 1. The molecule has 0 heterocycles. The molecule has 0 radical (unpaired) electrons. The summed E-state index contributed by atoms with van der Waals surface area (Å²) in [4.78, 5) is 1.08. The zero-order valence-electron chi connectivity index (χ0n) is 11.6. The fraction of sp³-hybridized carbons (Fsp3) is 0.467. The fourth-order valence-corrected chi connectivity index (χ4v) is 2.74. The molecular weight excluding hydrogens is 258 g/mol. The van der Waals surface area contributed by atoms with E-state index in [0.29, 0.717) is 6.54 Å². The van der Waals surface area contributed by atoms with Gasteiger partial charge in [-0.2, -0.15) is 0 Å². The highest BCUT2D eigenvalue weighted by Crippen LogP contribution is 2.36. The van der Waals surface area contributed by atoms with E-state index in [4.69, 9.17) is 21.6 Å². The van der Waals surface area contributed by atoms with Gasteiger partial charge in [-0.25, -0.2) is 0 Å². The fourth-order valence-electron chi connectivity index (χ4n) is 1.75. The first-order chi connectivity index (χ1) is 9.26. The SMILES string of the molecule is C#CCCCSc1cc(OC)c(CCN)cc1OC. The van der Waals surface area contributed by atoms with E-state index >= 15 is 0 Å². The maximum Gasteiger partial charge on any atom is 0.132 e. The smallest absolute Gasteiger partial charge is 0.132 e. The standard InChI is InChI=1S/C15H21NO2S/c1-4-5-6-9-19-15-11-13(17-2)12(7-8-16)10-14(15)18-3/h1,10-11H,5-9,16H2,2-3H3. The van der Waals surface area contributed by atoms with Crippen LogP contribution in [0.25, 0.3) is 0 Å². The number of benzene rings is 1. The molecule has 1 aromatic rings. The molecule has 0 aliphatic rings. The molecule has 19 heavy (non-hydrogen) atoms. The highest BCUT2D eigenvalue weighted by atomic mass is 32.2. The Hall–Kier alpha value is -1.31. The molecule has 0 aliphatic heterocycles. The Morgan fingerprint density at radius 2 is 2.00 bits per heavy atom. The van der Waals surface area contributed by atoms with E-state index in [-0.39, 0.29) is 0 Å². The van der Waals surface area contributed by atoms with Crippen LogP contribution in [0.5, 0.6) is 11.5 Å². The van der Waals surface area contributed by atoms with Crippen molar-refractivity contribution in [2.45, 2.75) is 24.2 Å². The minimum Gasteiger partial charge on any atom is -0.496 e. The molecule has 4 heteroatoms. The Morgan fingerprint density at radius 1 is 1.26 bits per heavy atom. The van der Waals surface area contributed by atoms with Crippen LogP contribution in [-0.2, 0) is 6.42 Å². The van der Waals surface area contributed by atoms with Crippen LogP contribution in [0.4, 0.5) is 0 Å². The number of ether oxygens (including phenoxy) is 2. The molecule has 0 atom stereocenters. The molecule has 3 nitrogen and oxygen atoms in total. The quantitative estimate of drug-likeness (QED) is 0.451. The minimum absolute atomic E-state index is 0.591. The first kappa shape index (κ1) is 15.7. The van der Waals surface area contributed by atoms with Gasteiger partial charge in [0.25, 0.3) is 0 Å². The van der Waals surface area contributed by atoms with Gasteiger partial charge >= 0.3 is 0 Å². The Bertz CT molecular complexity index is 441. The van der Waals surface area contributed by atoms with Crippen molar-refractivity contribution < 1.29 is 9.47 Å². The molecule has 0 aromatic heterocycles. The molecule has 0 fully saturated rings. The van der Waals surface area contributed by atoms with Crippen molar-refractivity contribution in [2.75, 3.05) is 26.5 Å². The summed E-state index contributed by atoms with van der Waals surface area (Å²) in [5.41, 5.74) is 6.69. The van der Waals surface area contributed by atoms with Crippen molar-refractivity contribution >= 4 is 11.8 Å². The van der Waals surface area contributed by atoms with Crippen molar-refractivity contribution in [3.05, 3.63) is 17.7 Å². The third kappa shape index (κ3) is 4.70. The first-order valence-electron chi connectivity index (χ1n) is 6.28. The second-order valence-corrected chi connectivity index (χ2v) is 5.15. The molecule has 1 aromatic carbocycles. The lowest BCUT2D eigenvalue weighted by Crippen LogP contribution is -2.05. The van der Waals surface area contributed by atoms with Gasteiger partial charge in [-0.3, -0.25) is 0 Å². The van der Waals surface area contributed by atoms with Crippen molar-refractivity contribution in [3.63, 3.8) is 0 Å². The topological polar surface area (TPSA) is 44.5 Å². The summed E-state index contributed by atoms with van der Waals surface area (Å²) < 4.78 is 10.8. The Morgan fingerprint density at radius 3 is 2.58 bits per heavy atom.